The summed E-state index contributed by atoms with van der Waals surface area (Å²) in [5, 5.41) is 3.04. The molecule has 0 aliphatic carbocycles. The molecule has 0 radical (unpaired) electrons. The minimum Gasteiger partial charge on any atom is -0.464 e. The van der Waals surface area contributed by atoms with E-state index in [1.807, 2.05) is 24.7 Å². The average Bonchev–Trinajstić information content (AvgIpc) is 2.51. The molecule has 15 heavy (non-hydrogen) atoms. The van der Waals surface area contributed by atoms with Crippen molar-refractivity contribution in [3.05, 3.63) is 21.9 Å². The Kier molecular flexibility index (Phi) is 4.35. The third-order valence-corrected chi connectivity index (χ3v) is 3.17. The van der Waals surface area contributed by atoms with Gasteiger partial charge in [-0.3, -0.25) is 0 Å². The first-order chi connectivity index (χ1) is 7.11. The van der Waals surface area contributed by atoms with Crippen LogP contribution in [0, 0.1) is 6.92 Å². The molecule has 0 atom stereocenters. The quantitative estimate of drug-likeness (QED) is 0.848. The van der Waals surface area contributed by atoms with Crippen LogP contribution < -0.4 is 5.32 Å². The second kappa shape index (κ2) is 5.32. The van der Waals surface area contributed by atoms with E-state index < -0.39 is 0 Å². The van der Waals surface area contributed by atoms with Gasteiger partial charge in [-0.05, 0) is 35.5 Å². The number of methoxy groups -OCH3 is 1. The summed E-state index contributed by atoms with van der Waals surface area (Å²) >= 11 is 3.39. The summed E-state index contributed by atoms with van der Waals surface area (Å²) in [7, 11) is 3.27. The number of likely N-dealkylation sites (N-methyl/N-ethyl adjacent to an activating group) is 1. The topological polar surface area (TPSA) is 43.3 Å². The second-order valence-corrected chi connectivity index (χ2v) is 4.06. The highest BCUT2D eigenvalue weighted by Crippen LogP contribution is 2.24. The number of hydrogen-bond donors (Lipinski definition) is 1. The largest absolute Gasteiger partial charge is 0.464 e. The van der Waals surface area contributed by atoms with E-state index in [1.165, 1.54) is 7.11 Å². The van der Waals surface area contributed by atoms with E-state index in [4.69, 9.17) is 4.74 Å². The molecule has 0 unspecified atom stereocenters. The van der Waals surface area contributed by atoms with E-state index in [1.54, 1.807) is 0 Å². The molecule has 1 rings (SSSR count). The number of ether oxygens (including phenoxy) is 1. The third kappa shape index (κ3) is 2.60. The molecule has 1 heterocycles. The van der Waals surface area contributed by atoms with Crippen LogP contribution in [0.5, 0.6) is 0 Å². The van der Waals surface area contributed by atoms with Crippen molar-refractivity contribution in [2.45, 2.75) is 13.5 Å². The van der Waals surface area contributed by atoms with Gasteiger partial charge in [0.1, 0.15) is 5.69 Å². The number of nitrogens with zero attached hydrogens (tertiary/aromatic N) is 1. The van der Waals surface area contributed by atoms with Crippen molar-refractivity contribution in [3.8, 4) is 0 Å². The zero-order chi connectivity index (χ0) is 11.4. The highest BCUT2D eigenvalue weighted by atomic mass is 79.9. The molecule has 5 heteroatoms. The molecule has 0 amide bonds. The van der Waals surface area contributed by atoms with Crippen LogP contribution in [0.1, 0.15) is 16.1 Å². The lowest BCUT2D eigenvalue weighted by molar-refractivity contribution is 0.0587. The highest BCUT2D eigenvalue weighted by Gasteiger charge is 2.18. The van der Waals surface area contributed by atoms with Crippen LogP contribution in [0.4, 0.5) is 0 Å². The van der Waals surface area contributed by atoms with Crippen LogP contribution in [0.25, 0.3) is 0 Å². The number of carbonyl (C=O) groups is 1. The van der Waals surface area contributed by atoms with Crippen molar-refractivity contribution in [2.24, 2.45) is 0 Å². The predicted octanol–water partition coefficient (Wildman–Crippen LogP) is 1.57. The van der Waals surface area contributed by atoms with Gasteiger partial charge in [0, 0.05) is 19.3 Å². The normalized spacial score (nSPS) is 10.4. The summed E-state index contributed by atoms with van der Waals surface area (Å²) in [6.07, 6.45) is 1.94. The third-order valence-electron chi connectivity index (χ3n) is 2.17. The molecular weight excluding hydrogens is 260 g/mol. The summed E-state index contributed by atoms with van der Waals surface area (Å²) in [5.41, 5.74) is 1.61. The number of carbonyl (C=O) groups excluding carboxylic acids is 1. The van der Waals surface area contributed by atoms with Gasteiger partial charge in [0.05, 0.1) is 11.6 Å². The van der Waals surface area contributed by atoms with Crippen molar-refractivity contribution in [1.82, 2.24) is 9.88 Å². The molecule has 0 saturated carbocycles. The Bertz CT molecular complexity index is 361. The summed E-state index contributed by atoms with van der Waals surface area (Å²) < 4.78 is 7.44. The van der Waals surface area contributed by atoms with Crippen LogP contribution in [0.15, 0.2) is 10.7 Å². The monoisotopic (exact) mass is 274 g/mol. The maximum Gasteiger partial charge on any atom is 0.355 e. The molecule has 1 N–H and O–H groups in total. The van der Waals surface area contributed by atoms with E-state index in [9.17, 15) is 4.79 Å². The fourth-order valence-corrected chi connectivity index (χ4v) is 1.87. The Balaban J connectivity index is 3.03. The molecule has 84 valence electrons. The number of aryl methyl sites for hydroxylation is 1. The Morgan fingerprint density at radius 1 is 1.67 bits per heavy atom. The molecule has 1 aromatic heterocycles. The summed E-state index contributed by atoms with van der Waals surface area (Å²) in [6.45, 7) is 3.50. The van der Waals surface area contributed by atoms with Gasteiger partial charge < -0.3 is 14.6 Å². The van der Waals surface area contributed by atoms with Gasteiger partial charge in [-0.25, -0.2) is 4.79 Å². The van der Waals surface area contributed by atoms with E-state index in [2.05, 4.69) is 21.2 Å². The van der Waals surface area contributed by atoms with Crippen LogP contribution in [-0.4, -0.2) is 31.2 Å². The van der Waals surface area contributed by atoms with Crippen LogP contribution in [0.2, 0.25) is 0 Å². The van der Waals surface area contributed by atoms with Crippen LogP contribution in [-0.2, 0) is 11.3 Å². The number of hydrogen-bond acceptors (Lipinski definition) is 3. The number of nitrogens with one attached hydrogen (secondary N) is 1. The lowest BCUT2D eigenvalue weighted by atomic mass is 10.3. The molecule has 0 aliphatic rings. The van der Waals surface area contributed by atoms with Gasteiger partial charge in [0.25, 0.3) is 0 Å². The molecule has 4 nitrogen and oxygen atoms in total. The standard InChI is InChI=1S/C10H15BrN2O2/c1-7-6-13(5-4-12-2)9(8(7)11)10(14)15-3/h6,12H,4-5H2,1-3H3. The van der Waals surface area contributed by atoms with Gasteiger partial charge in [0.2, 0.25) is 0 Å². The lowest BCUT2D eigenvalue weighted by Gasteiger charge is -2.07. The molecule has 0 fully saturated rings. The van der Waals surface area contributed by atoms with E-state index in [0.717, 1.165) is 23.1 Å². The minimum atomic E-state index is -0.314. The Morgan fingerprint density at radius 3 is 2.87 bits per heavy atom. The van der Waals surface area contributed by atoms with Crippen molar-refractivity contribution >= 4 is 21.9 Å². The Labute approximate surface area is 97.7 Å². The molecule has 0 aromatic carbocycles. The zero-order valence-corrected chi connectivity index (χ0v) is 10.7. The highest BCUT2D eigenvalue weighted by molar-refractivity contribution is 9.10. The van der Waals surface area contributed by atoms with Crippen molar-refractivity contribution < 1.29 is 9.53 Å². The van der Waals surface area contributed by atoms with Gasteiger partial charge in [-0.2, -0.15) is 0 Å². The summed E-state index contributed by atoms with van der Waals surface area (Å²) in [4.78, 5) is 11.5. The first-order valence-corrected chi connectivity index (χ1v) is 5.49. The minimum absolute atomic E-state index is 0.314. The van der Waals surface area contributed by atoms with Crippen LogP contribution >= 0.6 is 15.9 Å². The van der Waals surface area contributed by atoms with Crippen LogP contribution in [0.3, 0.4) is 0 Å². The number of halogens is 1. The van der Waals surface area contributed by atoms with Gasteiger partial charge in [-0.1, -0.05) is 0 Å². The maximum absolute atomic E-state index is 11.5. The number of rotatable bonds is 4. The first kappa shape index (κ1) is 12.3. The second-order valence-electron chi connectivity index (χ2n) is 3.26. The van der Waals surface area contributed by atoms with Gasteiger partial charge >= 0.3 is 5.97 Å². The molecule has 1 aromatic rings. The number of aromatic nitrogens is 1. The Hall–Kier alpha value is -0.810. The van der Waals surface area contributed by atoms with E-state index >= 15 is 0 Å². The smallest absolute Gasteiger partial charge is 0.355 e. The molecular formula is C10H15BrN2O2. The van der Waals surface area contributed by atoms with Crippen molar-refractivity contribution in [2.75, 3.05) is 20.7 Å². The zero-order valence-electron chi connectivity index (χ0n) is 9.13. The molecule has 0 spiro atoms. The summed E-state index contributed by atoms with van der Waals surface area (Å²) in [6, 6.07) is 0. The maximum atomic E-state index is 11.5. The fraction of sp³-hybridized carbons (Fsp3) is 0.500. The van der Waals surface area contributed by atoms with E-state index in [0.29, 0.717) is 5.69 Å². The van der Waals surface area contributed by atoms with Gasteiger partial charge in [-0.15, -0.1) is 0 Å². The Morgan fingerprint density at radius 2 is 2.33 bits per heavy atom. The predicted molar refractivity (Wildman–Crippen MR) is 62.1 cm³/mol. The molecule has 0 bridgehead atoms. The van der Waals surface area contributed by atoms with Gasteiger partial charge in [0.15, 0.2) is 0 Å². The van der Waals surface area contributed by atoms with Crippen molar-refractivity contribution in [1.29, 1.82) is 0 Å². The fourth-order valence-electron chi connectivity index (χ4n) is 1.38. The molecule has 0 aliphatic heterocycles. The SMILES string of the molecule is CNCCn1cc(C)c(Br)c1C(=O)OC. The average molecular weight is 275 g/mol. The van der Waals surface area contributed by atoms with E-state index in [-0.39, 0.29) is 5.97 Å². The summed E-state index contributed by atoms with van der Waals surface area (Å²) in [5.74, 6) is -0.314. The first-order valence-electron chi connectivity index (χ1n) is 4.70. The number of esters is 1. The lowest BCUT2D eigenvalue weighted by Crippen LogP contribution is -2.18. The van der Waals surface area contributed by atoms with Crippen molar-refractivity contribution in [3.63, 3.8) is 0 Å². The molecule has 0 saturated heterocycles.